The molecule has 0 rings (SSSR count). The molecule has 0 amide bonds. The summed E-state index contributed by atoms with van der Waals surface area (Å²) in [7, 11) is 0. The Labute approximate surface area is 199 Å². The van der Waals surface area contributed by atoms with Crippen LogP contribution in [0.5, 0.6) is 0 Å². The number of ether oxygens (including phenoxy) is 6. The monoisotopic (exact) mass is 472 g/mol. The van der Waals surface area contributed by atoms with Gasteiger partial charge in [0.15, 0.2) is 11.6 Å². The van der Waals surface area contributed by atoms with Crippen LogP contribution in [0, 0.1) is 5.92 Å². The minimum atomic E-state index is -0.921. The van der Waals surface area contributed by atoms with Gasteiger partial charge in [0.2, 0.25) is 0 Å². The first-order valence-corrected chi connectivity index (χ1v) is 11.7. The van der Waals surface area contributed by atoms with E-state index in [1.54, 1.807) is 13.8 Å². The molecule has 0 aliphatic carbocycles. The lowest BCUT2D eigenvalue weighted by Gasteiger charge is -2.41. The smallest absolute Gasteiger partial charge is 0.333 e. The number of rotatable bonds is 19. The molecule has 0 heterocycles. The van der Waals surface area contributed by atoms with Crippen LogP contribution in [0.3, 0.4) is 0 Å². The molecule has 192 valence electrons. The largest absolute Gasteiger partial charge is 0.460 e. The summed E-state index contributed by atoms with van der Waals surface area (Å²) in [5.74, 6) is -2.65. The van der Waals surface area contributed by atoms with Crippen molar-refractivity contribution in [3.8, 4) is 0 Å². The Morgan fingerprint density at radius 3 is 1.67 bits per heavy atom. The lowest BCUT2D eigenvalue weighted by molar-refractivity contribution is -0.289. The molecule has 0 aromatic rings. The molecule has 0 spiro atoms. The molecule has 8 heteroatoms. The van der Waals surface area contributed by atoms with Crippen molar-refractivity contribution in [2.75, 3.05) is 39.6 Å². The van der Waals surface area contributed by atoms with Gasteiger partial charge in [-0.15, -0.1) is 0 Å². The zero-order valence-electron chi connectivity index (χ0n) is 21.6. The van der Waals surface area contributed by atoms with Crippen molar-refractivity contribution in [3.63, 3.8) is 0 Å². The minimum Gasteiger partial charge on any atom is -0.460 e. The van der Waals surface area contributed by atoms with E-state index in [2.05, 4.69) is 27.0 Å². The summed E-state index contributed by atoms with van der Waals surface area (Å²) in [6, 6.07) is 0. The van der Waals surface area contributed by atoms with E-state index in [9.17, 15) is 9.59 Å². The number of hydrogen-bond acceptors (Lipinski definition) is 8. The van der Waals surface area contributed by atoms with Gasteiger partial charge in [-0.3, -0.25) is 0 Å². The molecule has 0 aromatic carbocycles. The van der Waals surface area contributed by atoms with Crippen LogP contribution in [0.1, 0.15) is 67.7 Å². The lowest BCUT2D eigenvalue weighted by atomic mass is 9.91. The van der Waals surface area contributed by atoms with Crippen LogP contribution in [-0.4, -0.2) is 63.2 Å². The van der Waals surface area contributed by atoms with Gasteiger partial charge < -0.3 is 28.4 Å². The van der Waals surface area contributed by atoms with Crippen LogP contribution >= 0.6 is 0 Å². The van der Waals surface area contributed by atoms with Gasteiger partial charge in [-0.1, -0.05) is 27.0 Å². The quantitative estimate of drug-likeness (QED) is 0.117. The maximum Gasteiger partial charge on any atom is 0.333 e. The number of carbonyl (C=O) groups excluding carboxylic acids is 2. The molecule has 0 N–H and O–H groups in total. The Kier molecular flexibility index (Phi) is 15.1. The van der Waals surface area contributed by atoms with E-state index in [4.69, 9.17) is 28.4 Å². The standard InChI is InChI=1S/C25H44O8/c1-10-21(8)25(31-12-3,33-18-16-29-23(27)20(6)7)14-13-24(9,30-11-2)32-17-15-28-22(26)19(4)5/h21H,4,6,10-18H2,1-3,5,7-9H3. The van der Waals surface area contributed by atoms with Crippen LogP contribution in [0.15, 0.2) is 24.3 Å². The first kappa shape index (κ1) is 31.3. The minimum absolute atomic E-state index is 0.0664. The maximum absolute atomic E-state index is 11.6. The highest BCUT2D eigenvalue weighted by atomic mass is 16.7. The molecule has 0 aliphatic heterocycles. The highest BCUT2D eigenvalue weighted by Gasteiger charge is 2.40. The second kappa shape index (κ2) is 16.0. The molecule has 0 aliphatic rings. The third-order valence-corrected chi connectivity index (χ3v) is 5.21. The zero-order chi connectivity index (χ0) is 25.5. The molecule has 3 atom stereocenters. The fraction of sp³-hybridized carbons (Fsp3) is 0.760. The fourth-order valence-electron chi connectivity index (χ4n) is 3.15. The summed E-state index contributed by atoms with van der Waals surface area (Å²) < 4.78 is 34.4. The van der Waals surface area contributed by atoms with E-state index in [1.165, 1.54) is 0 Å². The molecule has 0 saturated heterocycles. The Balaban J connectivity index is 5.18. The Morgan fingerprint density at radius 2 is 1.24 bits per heavy atom. The first-order valence-electron chi connectivity index (χ1n) is 11.7. The van der Waals surface area contributed by atoms with Crippen LogP contribution in [0.2, 0.25) is 0 Å². The lowest BCUT2D eigenvalue weighted by Crippen LogP contribution is -2.46. The Hall–Kier alpha value is -1.74. The van der Waals surface area contributed by atoms with E-state index in [-0.39, 0.29) is 32.3 Å². The van der Waals surface area contributed by atoms with Gasteiger partial charge in [0, 0.05) is 43.1 Å². The Morgan fingerprint density at radius 1 is 0.758 bits per heavy atom. The number of carbonyl (C=O) groups is 2. The second-order valence-corrected chi connectivity index (χ2v) is 8.15. The molecule has 8 nitrogen and oxygen atoms in total. The molecule has 0 fully saturated rings. The average Bonchev–Trinajstić information content (AvgIpc) is 2.77. The van der Waals surface area contributed by atoms with Crippen LogP contribution in [0.25, 0.3) is 0 Å². The highest BCUT2D eigenvalue weighted by Crippen LogP contribution is 2.35. The summed E-state index contributed by atoms with van der Waals surface area (Å²) >= 11 is 0. The van der Waals surface area contributed by atoms with Gasteiger partial charge in [0.25, 0.3) is 0 Å². The normalized spacial score (nSPS) is 15.7. The van der Waals surface area contributed by atoms with Crippen molar-refractivity contribution in [1.82, 2.24) is 0 Å². The SMILES string of the molecule is C=C(C)C(=O)OCCOC(C)(CCC(OCC)(OCCOC(=O)C(=C)C)C(C)CC)OCC. The van der Waals surface area contributed by atoms with Crippen molar-refractivity contribution in [2.24, 2.45) is 5.92 Å². The third kappa shape index (κ3) is 11.8. The molecular formula is C25H44O8. The predicted molar refractivity (Wildman–Crippen MR) is 127 cm³/mol. The maximum atomic E-state index is 11.6. The summed E-state index contributed by atoms with van der Waals surface area (Å²) in [6.07, 6.45) is 1.80. The fourth-order valence-corrected chi connectivity index (χ4v) is 3.15. The van der Waals surface area contributed by atoms with Crippen LogP contribution in [0.4, 0.5) is 0 Å². The molecule has 3 unspecified atom stereocenters. The van der Waals surface area contributed by atoms with Crippen LogP contribution < -0.4 is 0 Å². The summed E-state index contributed by atoms with van der Waals surface area (Å²) in [4.78, 5) is 23.2. The van der Waals surface area contributed by atoms with Gasteiger partial charge in [-0.25, -0.2) is 9.59 Å². The van der Waals surface area contributed by atoms with Crippen molar-refractivity contribution in [1.29, 1.82) is 0 Å². The first-order chi connectivity index (χ1) is 15.5. The average molecular weight is 473 g/mol. The molecular weight excluding hydrogens is 428 g/mol. The van der Waals surface area contributed by atoms with E-state index in [1.807, 2.05) is 20.8 Å². The van der Waals surface area contributed by atoms with E-state index in [0.717, 1.165) is 6.42 Å². The van der Waals surface area contributed by atoms with Crippen molar-refractivity contribution < 1.29 is 38.0 Å². The van der Waals surface area contributed by atoms with Crippen molar-refractivity contribution >= 4 is 11.9 Å². The van der Waals surface area contributed by atoms with E-state index >= 15 is 0 Å². The molecule has 33 heavy (non-hydrogen) atoms. The predicted octanol–water partition coefficient (Wildman–Crippen LogP) is 4.57. The highest BCUT2D eigenvalue weighted by molar-refractivity contribution is 5.87. The van der Waals surface area contributed by atoms with Gasteiger partial charge in [0.1, 0.15) is 13.2 Å². The van der Waals surface area contributed by atoms with Gasteiger partial charge in [0.05, 0.1) is 13.2 Å². The Bertz CT molecular complexity index is 632. The topological polar surface area (TPSA) is 89.5 Å². The molecule has 0 aromatic heterocycles. The molecule has 0 radical (unpaired) electrons. The van der Waals surface area contributed by atoms with E-state index < -0.39 is 23.5 Å². The molecule has 0 bridgehead atoms. The second-order valence-electron chi connectivity index (χ2n) is 8.15. The number of hydrogen-bond donors (Lipinski definition) is 0. The third-order valence-electron chi connectivity index (χ3n) is 5.21. The van der Waals surface area contributed by atoms with Crippen molar-refractivity contribution in [3.05, 3.63) is 24.3 Å². The van der Waals surface area contributed by atoms with Gasteiger partial charge in [-0.05, 0) is 41.0 Å². The number of esters is 2. The van der Waals surface area contributed by atoms with Crippen molar-refractivity contribution in [2.45, 2.75) is 79.3 Å². The van der Waals surface area contributed by atoms with E-state index in [0.29, 0.717) is 37.2 Å². The van der Waals surface area contributed by atoms with Crippen LogP contribution in [-0.2, 0) is 38.0 Å². The summed E-state index contributed by atoms with van der Waals surface area (Å²) in [5.41, 5.74) is 0.676. The molecule has 0 saturated carbocycles. The summed E-state index contributed by atoms with van der Waals surface area (Å²) in [5, 5.41) is 0. The van der Waals surface area contributed by atoms with Gasteiger partial charge in [-0.2, -0.15) is 0 Å². The van der Waals surface area contributed by atoms with Gasteiger partial charge >= 0.3 is 11.9 Å². The summed E-state index contributed by atoms with van der Waals surface area (Å²) in [6.45, 7) is 21.6. The zero-order valence-corrected chi connectivity index (χ0v) is 21.6.